The normalized spacial score (nSPS) is 25.4. The third kappa shape index (κ3) is 4.54. The lowest BCUT2D eigenvalue weighted by atomic mass is 9.74. The molecule has 27 heavy (non-hydrogen) atoms. The number of hydrogen-bond donors (Lipinski definition) is 3. The Morgan fingerprint density at radius 2 is 1.96 bits per heavy atom. The summed E-state index contributed by atoms with van der Waals surface area (Å²) in [6.07, 6.45) is 3.37. The molecule has 0 aliphatic heterocycles. The van der Waals surface area contributed by atoms with E-state index in [1.54, 1.807) is 0 Å². The second-order valence-electron chi connectivity index (χ2n) is 7.17. The number of nitrogens with one attached hydrogen (secondary N) is 2. The minimum Gasteiger partial charge on any atom is -0.391 e. The second-order valence-corrected chi connectivity index (χ2v) is 7.17. The largest absolute Gasteiger partial charge is 0.391 e. The first-order chi connectivity index (χ1) is 13.0. The summed E-state index contributed by atoms with van der Waals surface area (Å²) in [5.74, 6) is -0.437. The number of aliphatic hydroxyl groups is 1. The number of carbonyl (C=O) groups excluding carboxylic acids is 2. The first-order valence-corrected chi connectivity index (χ1v) is 9.19. The van der Waals surface area contributed by atoms with Gasteiger partial charge >= 0.3 is 0 Å². The van der Waals surface area contributed by atoms with E-state index in [-0.39, 0.29) is 29.0 Å². The maximum Gasteiger partial charge on any atom is 0.273 e. The zero-order chi connectivity index (χ0) is 19.3. The predicted molar refractivity (Wildman–Crippen MR) is 99.0 cm³/mol. The summed E-state index contributed by atoms with van der Waals surface area (Å²) in [5.41, 5.74) is 1.03. The van der Waals surface area contributed by atoms with Gasteiger partial charge in [-0.1, -0.05) is 35.5 Å². The highest BCUT2D eigenvalue weighted by atomic mass is 16.5. The molecule has 7 heteroatoms. The van der Waals surface area contributed by atoms with E-state index in [0.717, 1.165) is 12.0 Å². The Balaban J connectivity index is 1.81. The van der Waals surface area contributed by atoms with Gasteiger partial charge in [0.15, 0.2) is 5.69 Å². The fourth-order valence-electron chi connectivity index (χ4n) is 3.83. The number of hydrogen-bond acceptors (Lipinski definition) is 5. The molecule has 2 aromatic rings. The molecule has 1 fully saturated rings. The Kier molecular flexibility index (Phi) is 5.91. The van der Waals surface area contributed by atoms with E-state index >= 15 is 0 Å². The molecule has 0 bridgehead atoms. The summed E-state index contributed by atoms with van der Waals surface area (Å²) in [7, 11) is 0. The highest BCUT2D eigenvalue weighted by Crippen LogP contribution is 2.38. The van der Waals surface area contributed by atoms with Gasteiger partial charge in [-0.2, -0.15) is 0 Å². The molecule has 1 heterocycles. The van der Waals surface area contributed by atoms with Crippen LogP contribution in [0.4, 0.5) is 0 Å². The van der Waals surface area contributed by atoms with Crippen LogP contribution in [0, 0.1) is 0 Å². The van der Waals surface area contributed by atoms with Crippen molar-refractivity contribution in [1.29, 1.82) is 0 Å². The molecule has 3 atom stereocenters. The van der Waals surface area contributed by atoms with Gasteiger partial charge in [0.05, 0.1) is 12.1 Å². The lowest BCUT2D eigenvalue weighted by molar-refractivity contribution is -0.120. The molecule has 1 aromatic heterocycles. The van der Waals surface area contributed by atoms with Crippen LogP contribution >= 0.6 is 0 Å². The van der Waals surface area contributed by atoms with Gasteiger partial charge in [0, 0.05) is 24.9 Å². The van der Waals surface area contributed by atoms with E-state index in [1.807, 2.05) is 30.3 Å². The number of carbonyl (C=O) groups is 2. The van der Waals surface area contributed by atoms with Crippen LogP contribution in [-0.2, 0) is 10.2 Å². The van der Waals surface area contributed by atoms with Crippen molar-refractivity contribution in [2.45, 2.75) is 50.2 Å². The first kappa shape index (κ1) is 19.1. The third-order valence-electron chi connectivity index (χ3n) is 5.35. The molecule has 0 radical (unpaired) electrons. The molecule has 3 rings (SSSR count). The van der Waals surface area contributed by atoms with Gasteiger partial charge in [-0.05, 0) is 31.2 Å². The van der Waals surface area contributed by atoms with E-state index in [4.69, 9.17) is 4.52 Å². The van der Waals surface area contributed by atoms with E-state index in [2.05, 4.69) is 15.8 Å². The Morgan fingerprint density at radius 1 is 1.22 bits per heavy atom. The lowest BCUT2D eigenvalue weighted by Gasteiger charge is -2.34. The minimum absolute atomic E-state index is 0.148. The summed E-state index contributed by atoms with van der Waals surface area (Å²) in [6.45, 7) is 1.88. The molecular formula is C20H25N3O4. The standard InChI is InChI=1S/C20H25N3O4/c1-14(24)22-16-7-10-20(11-8-18(16)25,15-5-3-2-4-6-15)13-21-19(26)17-9-12-27-23-17/h2-6,9,12,16,18,25H,7-8,10-11,13H2,1H3,(H,21,26)(H,22,24)/t16-,18-,20-/m0/s1. The van der Waals surface area contributed by atoms with Gasteiger partial charge in [-0.15, -0.1) is 0 Å². The van der Waals surface area contributed by atoms with Crippen LogP contribution in [0.5, 0.6) is 0 Å². The molecule has 3 N–H and O–H groups in total. The van der Waals surface area contributed by atoms with Gasteiger partial charge in [0.25, 0.3) is 5.91 Å². The van der Waals surface area contributed by atoms with Crippen LogP contribution in [0.3, 0.4) is 0 Å². The molecule has 1 aliphatic rings. The molecule has 0 spiro atoms. The van der Waals surface area contributed by atoms with Crippen LogP contribution in [-0.4, -0.2) is 40.8 Å². The maximum absolute atomic E-state index is 12.3. The first-order valence-electron chi connectivity index (χ1n) is 9.19. The number of amides is 2. The van der Waals surface area contributed by atoms with Crippen LogP contribution in [0.25, 0.3) is 0 Å². The van der Waals surface area contributed by atoms with Crippen molar-refractivity contribution in [2.75, 3.05) is 6.54 Å². The Hall–Kier alpha value is -2.67. The molecule has 0 unspecified atom stereocenters. The molecule has 144 valence electrons. The van der Waals surface area contributed by atoms with Crippen molar-refractivity contribution in [2.24, 2.45) is 0 Å². The van der Waals surface area contributed by atoms with E-state index in [1.165, 1.54) is 19.3 Å². The van der Waals surface area contributed by atoms with E-state index in [0.29, 0.717) is 25.8 Å². The molecule has 1 aromatic carbocycles. The zero-order valence-electron chi connectivity index (χ0n) is 15.4. The monoisotopic (exact) mass is 371 g/mol. The molecule has 7 nitrogen and oxygen atoms in total. The number of nitrogens with zero attached hydrogens (tertiary/aromatic N) is 1. The molecule has 0 saturated heterocycles. The van der Waals surface area contributed by atoms with Crippen molar-refractivity contribution < 1.29 is 19.2 Å². The fraction of sp³-hybridized carbons (Fsp3) is 0.450. The number of rotatable bonds is 5. The van der Waals surface area contributed by atoms with Crippen molar-refractivity contribution in [3.8, 4) is 0 Å². The van der Waals surface area contributed by atoms with Crippen LogP contribution in [0.2, 0.25) is 0 Å². The summed E-state index contributed by atoms with van der Waals surface area (Å²) < 4.78 is 4.74. The van der Waals surface area contributed by atoms with Gasteiger partial charge in [0.2, 0.25) is 5.91 Å². The van der Waals surface area contributed by atoms with Crippen LogP contribution < -0.4 is 10.6 Å². The smallest absolute Gasteiger partial charge is 0.273 e. The molecule has 1 aliphatic carbocycles. The zero-order valence-corrected chi connectivity index (χ0v) is 15.4. The van der Waals surface area contributed by atoms with Gasteiger partial charge in [-0.3, -0.25) is 9.59 Å². The topological polar surface area (TPSA) is 104 Å². The van der Waals surface area contributed by atoms with Crippen molar-refractivity contribution in [3.63, 3.8) is 0 Å². The van der Waals surface area contributed by atoms with Gasteiger partial charge in [-0.25, -0.2) is 0 Å². The van der Waals surface area contributed by atoms with Crippen LogP contribution in [0.15, 0.2) is 47.2 Å². The fourth-order valence-corrected chi connectivity index (χ4v) is 3.83. The quantitative estimate of drug-likeness (QED) is 0.695. The second kappa shape index (κ2) is 8.35. The van der Waals surface area contributed by atoms with E-state index in [9.17, 15) is 14.7 Å². The highest BCUT2D eigenvalue weighted by molar-refractivity contribution is 5.92. The SMILES string of the molecule is CC(=O)N[C@H]1CC[C@](CNC(=O)c2ccon2)(c2ccccc2)CC[C@@H]1O. The minimum atomic E-state index is -0.606. The van der Waals surface area contributed by atoms with E-state index < -0.39 is 6.10 Å². The predicted octanol–water partition coefficient (Wildman–Crippen LogP) is 1.78. The Morgan fingerprint density at radius 3 is 2.63 bits per heavy atom. The molecule has 2 amide bonds. The third-order valence-corrected chi connectivity index (χ3v) is 5.35. The summed E-state index contributed by atoms with van der Waals surface area (Å²) in [4.78, 5) is 23.8. The number of benzene rings is 1. The molecular weight excluding hydrogens is 346 g/mol. The Bertz CT molecular complexity index is 763. The number of aromatic nitrogens is 1. The molecule has 1 saturated carbocycles. The summed E-state index contributed by atoms with van der Waals surface area (Å²) >= 11 is 0. The maximum atomic E-state index is 12.3. The Labute approximate surface area is 158 Å². The van der Waals surface area contributed by atoms with Crippen LogP contribution in [0.1, 0.15) is 48.7 Å². The summed E-state index contributed by atoms with van der Waals surface area (Å²) in [6, 6.07) is 11.2. The lowest BCUT2D eigenvalue weighted by Crippen LogP contribution is -2.42. The number of aliphatic hydroxyl groups excluding tert-OH is 1. The van der Waals surface area contributed by atoms with Gasteiger partial charge < -0.3 is 20.3 Å². The highest BCUT2D eigenvalue weighted by Gasteiger charge is 2.38. The van der Waals surface area contributed by atoms with Crippen molar-refractivity contribution >= 4 is 11.8 Å². The average Bonchev–Trinajstić information content (AvgIpc) is 3.16. The summed E-state index contributed by atoms with van der Waals surface area (Å²) in [5, 5.41) is 20.0. The van der Waals surface area contributed by atoms with Crippen molar-refractivity contribution in [3.05, 3.63) is 53.9 Å². The average molecular weight is 371 g/mol. The van der Waals surface area contributed by atoms with Gasteiger partial charge in [0.1, 0.15) is 6.26 Å². The van der Waals surface area contributed by atoms with Crippen molar-refractivity contribution in [1.82, 2.24) is 15.8 Å².